The van der Waals surface area contributed by atoms with E-state index in [0.29, 0.717) is 22.7 Å². The molecule has 0 unspecified atom stereocenters. The smallest absolute Gasteiger partial charge is 0.282 e. The first-order valence-electron chi connectivity index (χ1n) is 9.36. The highest BCUT2D eigenvalue weighted by atomic mass is 19.1. The minimum absolute atomic E-state index is 0.0679. The predicted octanol–water partition coefficient (Wildman–Crippen LogP) is 4.54. The van der Waals surface area contributed by atoms with E-state index in [1.54, 1.807) is 42.5 Å². The zero-order valence-corrected chi connectivity index (χ0v) is 16.5. The van der Waals surface area contributed by atoms with Crippen molar-refractivity contribution in [2.24, 2.45) is 0 Å². The van der Waals surface area contributed by atoms with Gasteiger partial charge in [0.25, 0.3) is 11.8 Å². The van der Waals surface area contributed by atoms with E-state index < -0.39 is 17.6 Å². The van der Waals surface area contributed by atoms with Crippen molar-refractivity contribution in [2.45, 2.75) is 6.92 Å². The monoisotopic (exact) mass is 402 g/mol. The first-order chi connectivity index (χ1) is 14.5. The molecular formula is C24H19FN2O3. The Hall–Kier alpha value is -3.93. The lowest BCUT2D eigenvalue weighted by molar-refractivity contribution is -0.120. The standard InChI is InChI=1S/C24H19FN2O3/c1-15-8-3-5-12-19(15)27-23(28)21(18-11-4-6-13-20(18)30-2)22(24(27)29)26-17-10-7-9-16(25)14-17/h3-14,26H,1-2H3. The Morgan fingerprint density at radius 3 is 2.37 bits per heavy atom. The summed E-state index contributed by atoms with van der Waals surface area (Å²) in [5, 5.41) is 2.95. The number of para-hydroxylation sites is 2. The number of nitrogens with zero attached hydrogens (tertiary/aromatic N) is 1. The van der Waals surface area contributed by atoms with Gasteiger partial charge in [-0.25, -0.2) is 9.29 Å². The highest BCUT2D eigenvalue weighted by Crippen LogP contribution is 2.38. The Kier molecular flexibility index (Phi) is 5.06. The van der Waals surface area contributed by atoms with Crippen LogP contribution in [0.15, 0.2) is 78.5 Å². The van der Waals surface area contributed by atoms with Crippen LogP contribution in [0.2, 0.25) is 0 Å². The molecule has 0 aromatic heterocycles. The average molecular weight is 402 g/mol. The number of hydrogen-bond donors (Lipinski definition) is 1. The Labute approximate surface area is 173 Å². The molecular weight excluding hydrogens is 383 g/mol. The number of imide groups is 1. The van der Waals surface area contributed by atoms with Gasteiger partial charge in [0.1, 0.15) is 17.3 Å². The molecule has 0 fully saturated rings. The number of ether oxygens (including phenoxy) is 1. The van der Waals surface area contributed by atoms with Gasteiger partial charge in [-0.15, -0.1) is 0 Å². The molecule has 0 saturated carbocycles. The van der Waals surface area contributed by atoms with Crippen LogP contribution in [0.1, 0.15) is 11.1 Å². The molecule has 2 amide bonds. The number of amides is 2. The highest BCUT2D eigenvalue weighted by Gasteiger charge is 2.41. The lowest BCUT2D eigenvalue weighted by atomic mass is 10.0. The Balaban J connectivity index is 1.89. The van der Waals surface area contributed by atoms with Crippen molar-refractivity contribution in [3.63, 3.8) is 0 Å². The molecule has 0 spiro atoms. The summed E-state index contributed by atoms with van der Waals surface area (Å²) in [6, 6.07) is 19.9. The van der Waals surface area contributed by atoms with Crippen molar-refractivity contribution in [2.75, 3.05) is 17.3 Å². The van der Waals surface area contributed by atoms with Crippen LogP contribution in [0, 0.1) is 12.7 Å². The van der Waals surface area contributed by atoms with E-state index in [4.69, 9.17) is 4.74 Å². The molecule has 1 aliphatic rings. The topological polar surface area (TPSA) is 58.6 Å². The van der Waals surface area contributed by atoms with Gasteiger partial charge in [-0.3, -0.25) is 9.59 Å². The number of rotatable bonds is 5. The van der Waals surface area contributed by atoms with E-state index in [0.717, 1.165) is 10.5 Å². The van der Waals surface area contributed by atoms with Gasteiger partial charge in [0, 0.05) is 11.3 Å². The average Bonchev–Trinajstić information content (AvgIpc) is 2.98. The molecule has 5 nitrogen and oxygen atoms in total. The van der Waals surface area contributed by atoms with Crippen molar-refractivity contribution in [3.8, 4) is 5.75 Å². The van der Waals surface area contributed by atoms with Crippen LogP contribution in [-0.4, -0.2) is 18.9 Å². The minimum atomic E-state index is -0.514. The lowest BCUT2D eigenvalue weighted by Crippen LogP contribution is -2.33. The first kappa shape index (κ1) is 19.4. The van der Waals surface area contributed by atoms with E-state index in [9.17, 15) is 14.0 Å². The number of nitrogens with one attached hydrogen (secondary N) is 1. The summed E-state index contributed by atoms with van der Waals surface area (Å²) < 4.78 is 19.1. The molecule has 0 aliphatic carbocycles. The molecule has 0 bridgehead atoms. The number of carbonyl (C=O) groups is 2. The summed E-state index contributed by atoms with van der Waals surface area (Å²) in [7, 11) is 1.50. The SMILES string of the molecule is COc1ccccc1C1=C(Nc2cccc(F)c2)C(=O)N(c2ccccc2C)C1=O. The summed E-state index contributed by atoms with van der Waals surface area (Å²) in [4.78, 5) is 28.0. The zero-order chi connectivity index (χ0) is 21.3. The Morgan fingerprint density at radius 2 is 1.63 bits per heavy atom. The Morgan fingerprint density at radius 1 is 0.900 bits per heavy atom. The molecule has 4 rings (SSSR count). The zero-order valence-electron chi connectivity index (χ0n) is 16.5. The van der Waals surface area contributed by atoms with Gasteiger partial charge >= 0.3 is 0 Å². The van der Waals surface area contributed by atoms with Crippen molar-refractivity contribution >= 4 is 28.8 Å². The lowest BCUT2D eigenvalue weighted by Gasteiger charge is -2.17. The fourth-order valence-corrected chi connectivity index (χ4v) is 3.49. The maximum absolute atomic E-state index is 13.7. The molecule has 0 saturated heterocycles. The van der Waals surface area contributed by atoms with Gasteiger partial charge in [0.05, 0.1) is 18.4 Å². The molecule has 6 heteroatoms. The minimum Gasteiger partial charge on any atom is -0.496 e. The van der Waals surface area contributed by atoms with Crippen LogP contribution in [0.3, 0.4) is 0 Å². The van der Waals surface area contributed by atoms with Crippen molar-refractivity contribution < 1.29 is 18.7 Å². The number of aryl methyl sites for hydroxylation is 1. The van der Waals surface area contributed by atoms with Gasteiger partial charge in [0.2, 0.25) is 0 Å². The normalized spacial score (nSPS) is 13.8. The number of halogens is 1. The van der Waals surface area contributed by atoms with Crippen LogP contribution in [-0.2, 0) is 9.59 Å². The van der Waals surface area contributed by atoms with Crippen LogP contribution in [0.4, 0.5) is 15.8 Å². The van der Waals surface area contributed by atoms with Gasteiger partial charge in [-0.2, -0.15) is 0 Å². The predicted molar refractivity (Wildman–Crippen MR) is 114 cm³/mol. The first-order valence-corrected chi connectivity index (χ1v) is 9.36. The molecule has 1 aliphatic heterocycles. The quantitative estimate of drug-likeness (QED) is 0.637. The number of hydrogen-bond acceptors (Lipinski definition) is 4. The number of benzene rings is 3. The van der Waals surface area contributed by atoms with Gasteiger partial charge in [0.15, 0.2) is 0 Å². The molecule has 30 heavy (non-hydrogen) atoms. The van der Waals surface area contributed by atoms with E-state index in [-0.39, 0.29) is 11.3 Å². The third-order valence-corrected chi connectivity index (χ3v) is 4.91. The molecule has 1 heterocycles. The summed E-state index contributed by atoms with van der Waals surface area (Å²) in [6.45, 7) is 1.83. The summed E-state index contributed by atoms with van der Waals surface area (Å²) in [5.74, 6) is -0.983. The third-order valence-electron chi connectivity index (χ3n) is 4.91. The number of anilines is 2. The Bertz CT molecular complexity index is 1190. The fourth-order valence-electron chi connectivity index (χ4n) is 3.49. The van der Waals surface area contributed by atoms with Gasteiger partial charge < -0.3 is 10.1 Å². The van der Waals surface area contributed by atoms with Crippen molar-refractivity contribution in [1.82, 2.24) is 0 Å². The number of carbonyl (C=O) groups excluding carboxylic acids is 2. The molecule has 150 valence electrons. The van der Waals surface area contributed by atoms with Crippen molar-refractivity contribution in [3.05, 3.63) is 95.4 Å². The second kappa shape index (κ2) is 7.83. The molecule has 0 radical (unpaired) electrons. The maximum atomic E-state index is 13.7. The molecule has 3 aromatic carbocycles. The summed E-state index contributed by atoms with van der Waals surface area (Å²) in [6.07, 6.45) is 0. The summed E-state index contributed by atoms with van der Waals surface area (Å²) in [5.41, 5.74) is 2.36. The van der Waals surface area contributed by atoms with E-state index in [1.165, 1.54) is 25.3 Å². The van der Waals surface area contributed by atoms with Crippen LogP contribution in [0.5, 0.6) is 5.75 Å². The van der Waals surface area contributed by atoms with Gasteiger partial charge in [-0.05, 0) is 42.8 Å². The second-order valence-corrected chi connectivity index (χ2v) is 6.82. The van der Waals surface area contributed by atoms with E-state index in [2.05, 4.69) is 5.32 Å². The van der Waals surface area contributed by atoms with Crippen LogP contribution in [0.25, 0.3) is 5.57 Å². The third kappa shape index (κ3) is 3.33. The maximum Gasteiger partial charge on any atom is 0.282 e. The number of methoxy groups -OCH3 is 1. The van der Waals surface area contributed by atoms with Crippen LogP contribution >= 0.6 is 0 Å². The molecule has 3 aromatic rings. The highest BCUT2D eigenvalue weighted by molar-refractivity contribution is 6.46. The molecule has 1 N–H and O–H groups in total. The molecule has 0 atom stereocenters. The largest absolute Gasteiger partial charge is 0.496 e. The van der Waals surface area contributed by atoms with Crippen LogP contribution < -0.4 is 15.0 Å². The van der Waals surface area contributed by atoms with E-state index >= 15 is 0 Å². The van der Waals surface area contributed by atoms with Gasteiger partial charge in [-0.1, -0.05) is 42.5 Å². The summed E-state index contributed by atoms with van der Waals surface area (Å²) >= 11 is 0. The van der Waals surface area contributed by atoms with E-state index in [1.807, 2.05) is 19.1 Å². The fraction of sp³-hybridized carbons (Fsp3) is 0.0833. The van der Waals surface area contributed by atoms with Crippen molar-refractivity contribution in [1.29, 1.82) is 0 Å². The second-order valence-electron chi connectivity index (χ2n) is 6.82.